The fourth-order valence-corrected chi connectivity index (χ4v) is 6.44. The number of fused-ring (bicyclic) bond motifs is 1. The second-order valence-electron chi connectivity index (χ2n) is 8.19. The number of aromatic nitrogens is 1. The maximum absolute atomic E-state index is 12.7. The molecule has 13 nitrogen and oxygen atoms in total. The van der Waals surface area contributed by atoms with E-state index in [1.165, 1.54) is 19.2 Å². The molecule has 220 valence electrons. The number of hydrogen-bond acceptors (Lipinski definition) is 12. The second-order valence-corrected chi connectivity index (χ2v) is 11.2. The predicted molar refractivity (Wildman–Crippen MR) is 156 cm³/mol. The van der Waals surface area contributed by atoms with Crippen molar-refractivity contribution in [2.75, 3.05) is 43.8 Å². The molecule has 1 N–H and O–H groups in total. The Morgan fingerprint density at radius 2 is 1.80 bits per heavy atom. The van der Waals surface area contributed by atoms with Crippen LogP contribution in [0.15, 0.2) is 23.2 Å². The van der Waals surface area contributed by atoms with Gasteiger partial charge in [-0.2, -0.15) is 4.99 Å². The number of nitro groups is 1. The number of ether oxygens (including phenoxy) is 3. The molecule has 0 radical (unpaired) electrons. The van der Waals surface area contributed by atoms with Crippen LogP contribution >= 0.6 is 34.4 Å². The molecule has 2 aromatic heterocycles. The number of carbonyl (C=O) groups excluding carboxylic acids is 4. The summed E-state index contributed by atoms with van der Waals surface area (Å²) in [5.41, 5.74) is 1.04. The van der Waals surface area contributed by atoms with Crippen LogP contribution in [0, 0.1) is 17.0 Å². The first kappa shape index (κ1) is 31.9. The van der Waals surface area contributed by atoms with Crippen molar-refractivity contribution in [3.63, 3.8) is 0 Å². The van der Waals surface area contributed by atoms with E-state index in [4.69, 9.17) is 14.2 Å². The number of nitrogens with one attached hydrogen (secondary N) is 1. The molecular weight excluding hydrogens is 596 g/mol. The maximum atomic E-state index is 12.7. The summed E-state index contributed by atoms with van der Waals surface area (Å²) in [7, 11) is 1.54. The van der Waals surface area contributed by atoms with E-state index in [9.17, 15) is 29.3 Å². The van der Waals surface area contributed by atoms with Gasteiger partial charge >= 0.3 is 11.9 Å². The minimum atomic E-state index is -0.677. The number of anilines is 1. The number of nitrogens with zero attached hydrogens (tertiary/aromatic N) is 3. The summed E-state index contributed by atoms with van der Waals surface area (Å²) >= 11 is 3.07. The molecule has 3 rings (SSSR count). The van der Waals surface area contributed by atoms with Crippen LogP contribution in [0.1, 0.15) is 39.4 Å². The summed E-state index contributed by atoms with van der Waals surface area (Å²) in [6.07, 6.45) is 0. The highest BCUT2D eigenvalue weighted by atomic mass is 32.2. The highest BCUT2D eigenvalue weighted by molar-refractivity contribution is 8.00. The van der Waals surface area contributed by atoms with Crippen LogP contribution < -0.4 is 10.1 Å². The molecule has 0 aliphatic rings. The first-order valence-corrected chi connectivity index (χ1v) is 15.1. The number of rotatable bonds is 13. The molecule has 0 spiro atoms. The number of thioether (sulfide) groups is 1. The predicted octanol–water partition coefficient (Wildman–Crippen LogP) is 3.78. The third kappa shape index (κ3) is 8.00. The molecule has 3 aromatic rings. The lowest BCUT2D eigenvalue weighted by Gasteiger charge is -2.07. The normalized spacial score (nSPS) is 11.5. The van der Waals surface area contributed by atoms with Crippen molar-refractivity contribution in [1.29, 1.82) is 0 Å². The van der Waals surface area contributed by atoms with Gasteiger partial charge in [0, 0.05) is 25.8 Å². The Balaban J connectivity index is 1.72. The average molecular weight is 625 g/mol. The van der Waals surface area contributed by atoms with Crippen molar-refractivity contribution in [2.24, 2.45) is 4.99 Å². The van der Waals surface area contributed by atoms with Crippen molar-refractivity contribution >= 4 is 79.1 Å². The zero-order valence-electron chi connectivity index (χ0n) is 22.7. The number of thiazole rings is 1. The molecule has 0 saturated heterocycles. The maximum Gasteiger partial charge on any atom is 0.348 e. The van der Waals surface area contributed by atoms with Gasteiger partial charge in [-0.15, -0.1) is 23.1 Å². The largest absolute Gasteiger partial charge is 0.462 e. The Labute approximate surface area is 246 Å². The van der Waals surface area contributed by atoms with Gasteiger partial charge < -0.3 is 24.1 Å². The van der Waals surface area contributed by atoms with Gasteiger partial charge in [-0.1, -0.05) is 11.3 Å². The fraction of sp³-hybridized carbons (Fsp3) is 0.400. The number of nitro benzene ring substituents is 1. The summed E-state index contributed by atoms with van der Waals surface area (Å²) in [6.45, 7) is 5.86. The molecule has 0 saturated carbocycles. The first-order valence-electron chi connectivity index (χ1n) is 12.3. The van der Waals surface area contributed by atoms with Gasteiger partial charge in [0.1, 0.15) is 9.88 Å². The summed E-state index contributed by atoms with van der Waals surface area (Å²) in [5, 5.41) is 13.9. The van der Waals surface area contributed by atoms with Crippen LogP contribution in [0.2, 0.25) is 0 Å². The summed E-state index contributed by atoms with van der Waals surface area (Å²) < 4.78 is 17.6. The first-order chi connectivity index (χ1) is 19.6. The Morgan fingerprint density at radius 3 is 2.46 bits per heavy atom. The number of hydrogen-bond donors (Lipinski definition) is 1. The van der Waals surface area contributed by atoms with Crippen LogP contribution in [-0.4, -0.2) is 71.7 Å². The zero-order valence-corrected chi connectivity index (χ0v) is 25.2. The minimum Gasteiger partial charge on any atom is -0.462 e. The van der Waals surface area contributed by atoms with Gasteiger partial charge in [0.2, 0.25) is 5.91 Å². The van der Waals surface area contributed by atoms with Gasteiger partial charge in [0.05, 0.1) is 52.0 Å². The number of amides is 2. The lowest BCUT2D eigenvalue weighted by molar-refractivity contribution is -0.384. The van der Waals surface area contributed by atoms with E-state index < -0.39 is 28.7 Å². The molecule has 2 amide bonds. The number of esters is 2. The smallest absolute Gasteiger partial charge is 0.348 e. The van der Waals surface area contributed by atoms with E-state index in [1.54, 1.807) is 31.4 Å². The number of non-ortho nitro benzene ring substituents is 1. The van der Waals surface area contributed by atoms with Gasteiger partial charge in [0.15, 0.2) is 4.80 Å². The molecule has 0 bridgehead atoms. The molecule has 0 unspecified atom stereocenters. The van der Waals surface area contributed by atoms with Gasteiger partial charge in [0.25, 0.3) is 11.6 Å². The van der Waals surface area contributed by atoms with E-state index >= 15 is 0 Å². The zero-order chi connectivity index (χ0) is 30.1. The number of methoxy groups -OCH3 is 1. The Morgan fingerprint density at radius 1 is 1.10 bits per heavy atom. The lowest BCUT2D eigenvalue weighted by atomic mass is 10.1. The number of thiophene rings is 1. The standard InChI is InChI=1S/C25H28N4O9S3/c1-5-37-23(32)20-14(3)21(24(33)38-6-2)41-22(20)26-18(30)12-39-13-19(31)27-25-28(9-10-36-4)16-8-7-15(29(34)35)11-17(16)40-25/h7-8,11H,5-6,9-10,12-13H2,1-4H3,(H,26,30). The molecule has 0 aliphatic carbocycles. The Kier molecular flexibility index (Phi) is 11.6. The summed E-state index contributed by atoms with van der Waals surface area (Å²) in [6, 6.07) is 4.42. The van der Waals surface area contributed by atoms with Crippen molar-refractivity contribution in [1.82, 2.24) is 4.57 Å². The highest BCUT2D eigenvalue weighted by Crippen LogP contribution is 2.34. The van der Waals surface area contributed by atoms with Crippen LogP contribution in [-0.2, 0) is 30.3 Å². The van der Waals surface area contributed by atoms with Crippen LogP contribution in [0.25, 0.3) is 10.2 Å². The van der Waals surface area contributed by atoms with Crippen LogP contribution in [0.3, 0.4) is 0 Å². The molecule has 41 heavy (non-hydrogen) atoms. The molecule has 0 atom stereocenters. The third-order valence-corrected chi connectivity index (χ3v) is 8.56. The van der Waals surface area contributed by atoms with E-state index in [2.05, 4.69) is 10.3 Å². The van der Waals surface area contributed by atoms with Gasteiger partial charge in [-0.05, 0) is 32.4 Å². The second kappa shape index (κ2) is 14.9. The lowest BCUT2D eigenvalue weighted by Crippen LogP contribution is -2.20. The quantitative estimate of drug-likeness (QED) is 0.168. The average Bonchev–Trinajstić information content (AvgIpc) is 3.43. The van der Waals surface area contributed by atoms with Gasteiger partial charge in [-0.25, -0.2) is 9.59 Å². The summed E-state index contributed by atoms with van der Waals surface area (Å²) in [5.74, 6) is -2.52. The van der Waals surface area contributed by atoms with Gasteiger partial charge in [-0.3, -0.25) is 19.7 Å². The molecule has 1 aromatic carbocycles. The van der Waals surface area contributed by atoms with E-state index in [1.807, 2.05) is 0 Å². The number of benzene rings is 1. The number of carbonyl (C=O) groups is 4. The van der Waals surface area contributed by atoms with Crippen molar-refractivity contribution in [3.05, 3.63) is 49.1 Å². The Bertz CT molecular complexity index is 1540. The van der Waals surface area contributed by atoms with Crippen LogP contribution in [0.4, 0.5) is 10.7 Å². The topological polar surface area (TPSA) is 168 Å². The molecule has 2 heterocycles. The molecule has 16 heteroatoms. The highest BCUT2D eigenvalue weighted by Gasteiger charge is 2.27. The minimum absolute atomic E-state index is 0.0708. The summed E-state index contributed by atoms with van der Waals surface area (Å²) in [4.78, 5) is 65.5. The van der Waals surface area contributed by atoms with Crippen molar-refractivity contribution < 1.29 is 38.3 Å². The van der Waals surface area contributed by atoms with Crippen molar-refractivity contribution in [2.45, 2.75) is 27.3 Å². The van der Waals surface area contributed by atoms with Crippen LogP contribution in [0.5, 0.6) is 0 Å². The van der Waals surface area contributed by atoms with E-state index in [-0.39, 0.29) is 45.8 Å². The van der Waals surface area contributed by atoms with E-state index in [0.29, 0.717) is 33.7 Å². The molecule has 0 aliphatic heterocycles. The monoisotopic (exact) mass is 624 g/mol. The Hall–Kier alpha value is -3.60. The third-order valence-electron chi connectivity index (χ3n) is 5.42. The van der Waals surface area contributed by atoms with E-state index in [0.717, 1.165) is 34.4 Å². The van der Waals surface area contributed by atoms with Crippen molar-refractivity contribution in [3.8, 4) is 0 Å². The SMILES string of the molecule is CCOC(=O)c1sc(NC(=O)CSCC(=O)N=c2sc3cc([N+](=O)[O-])ccc3n2CCOC)c(C(=O)OCC)c1C. The fourth-order valence-electron chi connectivity index (χ4n) is 3.63. The molecule has 0 fully saturated rings. The molecular formula is C25H28N4O9S3.